The maximum atomic E-state index is 13.1. The summed E-state index contributed by atoms with van der Waals surface area (Å²) >= 11 is 0. The predicted octanol–water partition coefficient (Wildman–Crippen LogP) is 3.73. The van der Waals surface area contributed by atoms with E-state index in [9.17, 15) is 26.4 Å². The van der Waals surface area contributed by atoms with E-state index in [0.29, 0.717) is 10.4 Å². The molecule has 0 bridgehead atoms. The Balaban J connectivity index is 2.54. The molecule has 0 aromatic heterocycles. The minimum absolute atomic E-state index is 0.118. The number of halogens is 3. The van der Waals surface area contributed by atoms with Gasteiger partial charge in [-0.25, -0.2) is 8.42 Å². The minimum Gasteiger partial charge on any atom is -0.352 e. The zero-order valence-electron chi connectivity index (χ0n) is 15.6. The molecule has 152 valence electrons. The van der Waals surface area contributed by atoms with Crippen LogP contribution in [-0.2, 0) is 21.0 Å². The van der Waals surface area contributed by atoms with E-state index in [1.807, 2.05) is 0 Å². The van der Waals surface area contributed by atoms with Crippen LogP contribution in [0.3, 0.4) is 0 Å². The predicted molar refractivity (Wildman–Crippen MR) is 100 cm³/mol. The van der Waals surface area contributed by atoms with Gasteiger partial charge in [0.2, 0.25) is 5.91 Å². The molecule has 0 unspecified atom stereocenters. The summed E-state index contributed by atoms with van der Waals surface area (Å²) in [5.41, 5.74) is -0.421. The summed E-state index contributed by atoms with van der Waals surface area (Å²) in [4.78, 5) is 12.1. The van der Waals surface area contributed by atoms with Crippen molar-refractivity contribution >= 4 is 21.6 Å². The number of sulfonamides is 1. The van der Waals surface area contributed by atoms with Gasteiger partial charge in [-0.2, -0.15) is 13.2 Å². The van der Waals surface area contributed by atoms with Gasteiger partial charge >= 0.3 is 6.18 Å². The lowest BCUT2D eigenvalue weighted by atomic mass is 10.2. The zero-order valence-corrected chi connectivity index (χ0v) is 16.4. The molecule has 1 amide bonds. The second-order valence-corrected chi connectivity index (χ2v) is 8.46. The van der Waals surface area contributed by atoms with Crippen molar-refractivity contribution in [3.8, 4) is 0 Å². The first kappa shape index (κ1) is 21.7. The Labute approximate surface area is 162 Å². The number of hydrogen-bond donors (Lipinski definition) is 1. The van der Waals surface area contributed by atoms with Crippen LogP contribution >= 0.6 is 0 Å². The highest BCUT2D eigenvalue weighted by atomic mass is 32.2. The van der Waals surface area contributed by atoms with Crippen LogP contribution in [0.15, 0.2) is 53.4 Å². The number of aryl methyl sites for hydroxylation is 1. The van der Waals surface area contributed by atoms with Gasteiger partial charge in [-0.15, -0.1) is 0 Å². The van der Waals surface area contributed by atoms with Gasteiger partial charge in [-0.05, 0) is 51.1 Å². The summed E-state index contributed by atoms with van der Waals surface area (Å²) in [5, 5.41) is 2.55. The molecule has 2 rings (SSSR count). The van der Waals surface area contributed by atoms with Crippen LogP contribution in [0.1, 0.15) is 25.0 Å². The molecule has 28 heavy (non-hydrogen) atoms. The summed E-state index contributed by atoms with van der Waals surface area (Å²) in [7, 11) is -4.26. The highest BCUT2D eigenvalue weighted by Gasteiger charge is 2.33. The van der Waals surface area contributed by atoms with Gasteiger partial charge in [-0.1, -0.05) is 23.8 Å². The van der Waals surface area contributed by atoms with Gasteiger partial charge in [0.05, 0.1) is 16.1 Å². The van der Waals surface area contributed by atoms with Gasteiger partial charge in [0, 0.05) is 6.04 Å². The molecule has 0 heterocycles. The fourth-order valence-corrected chi connectivity index (χ4v) is 3.90. The highest BCUT2D eigenvalue weighted by Crippen LogP contribution is 2.33. The van der Waals surface area contributed by atoms with Crippen LogP contribution < -0.4 is 9.62 Å². The fourth-order valence-electron chi connectivity index (χ4n) is 2.49. The molecule has 5 nitrogen and oxygen atoms in total. The first-order chi connectivity index (χ1) is 12.9. The molecule has 0 radical (unpaired) electrons. The number of rotatable bonds is 6. The number of carbonyl (C=O) groups is 1. The Morgan fingerprint density at radius 3 is 2.25 bits per heavy atom. The molecule has 1 N–H and O–H groups in total. The van der Waals surface area contributed by atoms with Gasteiger partial charge in [0.15, 0.2) is 0 Å². The second kappa shape index (κ2) is 8.22. The molecule has 0 fully saturated rings. The lowest BCUT2D eigenvalue weighted by molar-refractivity contribution is -0.137. The van der Waals surface area contributed by atoms with Gasteiger partial charge in [0.25, 0.3) is 10.0 Å². The van der Waals surface area contributed by atoms with Gasteiger partial charge in [0.1, 0.15) is 6.54 Å². The monoisotopic (exact) mass is 414 g/mol. The Kier molecular flexibility index (Phi) is 6.38. The molecule has 0 saturated heterocycles. The third kappa shape index (κ3) is 5.25. The van der Waals surface area contributed by atoms with E-state index >= 15 is 0 Å². The number of anilines is 1. The van der Waals surface area contributed by atoms with E-state index in [0.717, 1.165) is 17.7 Å². The quantitative estimate of drug-likeness (QED) is 0.783. The van der Waals surface area contributed by atoms with Crippen molar-refractivity contribution < 1.29 is 26.4 Å². The van der Waals surface area contributed by atoms with E-state index < -0.39 is 34.2 Å². The minimum atomic E-state index is -4.64. The number of nitrogens with zero attached hydrogens (tertiary/aromatic N) is 1. The van der Waals surface area contributed by atoms with Crippen LogP contribution in [0.2, 0.25) is 0 Å². The summed E-state index contributed by atoms with van der Waals surface area (Å²) < 4.78 is 66.1. The maximum absolute atomic E-state index is 13.1. The zero-order chi connectivity index (χ0) is 21.1. The number of carbonyl (C=O) groups excluding carboxylic acids is 1. The molecule has 0 spiro atoms. The number of hydrogen-bond acceptors (Lipinski definition) is 3. The maximum Gasteiger partial charge on any atom is 0.416 e. The molecule has 0 atom stereocenters. The van der Waals surface area contributed by atoms with E-state index in [4.69, 9.17) is 0 Å². The Morgan fingerprint density at radius 1 is 1.11 bits per heavy atom. The Bertz CT molecular complexity index is 940. The lowest BCUT2D eigenvalue weighted by Crippen LogP contribution is -2.43. The average Bonchev–Trinajstić information content (AvgIpc) is 2.58. The van der Waals surface area contributed by atoms with Crippen molar-refractivity contribution in [3.63, 3.8) is 0 Å². The van der Waals surface area contributed by atoms with E-state index in [1.165, 1.54) is 18.2 Å². The summed E-state index contributed by atoms with van der Waals surface area (Å²) in [6.07, 6.45) is -4.64. The van der Waals surface area contributed by atoms with Crippen molar-refractivity contribution in [2.45, 2.75) is 37.9 Å². The topological polar surface area (TPSA) is 66.5 Å². The molecule has 0 aliphatic carbocycles. The van der Waals surface area contributed by atoms with Gasteiger partial charge in [-0.3, -0.25) is 9.10 Å². The Morgan fingerprint density at radius 2 is 1.71 bits per heavy atom. The van der Waals surface area contributed by atoms with Crippen LogP contribution in [-0.4, -0.2) is 26.9 Å². The molecule has 0 saturated carbocycles. The molecule has 2 aromatic rings. The Hall–Kier alpha value is -2.55. The van der Waals surface area contributed by atoms with Crippen LogP contribution in [0.5, 0.6) is 0 Å². The summed E-state index contributed by atoms with van der Waals surface area (Å²) in [5.74, 6) is -0.622. The number of amides is 1. The standard InChI is InChI=1S/C19H21F3N2O3S/c1-13(2)23-18(25)12-24(16-6-4-5-15(11-16)19(20,21)22)28(26,27)17-9-7-14(3)8-10-17/h4-11,13H,12H2,1-3H3,(H,23,25). The first-order valence-electron chi connectivity index (χ1n) is 8.47. The van der Waals surface area contributed by atoms with Crippen LogP contribution in [0.25, 0.3) is 0 Å². The number of nitrogens with one attached hydrogen (secondary N) is 1. The fraction of sp³-hybridized carbons (Fsp3) is 0.316. The van der Waals surface area contributed by atoms with E-state index in [2.05, 4.69) is 5.32 Å². The van der Waals surface area contributed by atoms with Crippen molar-refractivity contribution in [3.05, 3.63) is 59.7 Å². The third-order valence-electron chi connectivity index (χ3n) is 3.81. The highest BCUT2D eigenvalue weighted by molar-refractivity contribution is 7.92. The van der Waals surface area contributed by atoms with Crippen molar-refractivity contribution in [2.75, 3.05) is 10.8 Å². The molecule has 2 aromatic carbocycles. The molecule has 0 aliphatic heterocycles. The van der Waals surface area contributed by atoms with Crippen molar-refractivity contribution in [1.82, 2.24) is 5.32 Å². The molecule has 9 heteroatoms. The van der Waals surface area contributed by atoms with Crippen molar-refractivity contribution in [2.24, 2.45) is 0 Å². The molecule has 0 aliphatic rings. The third-order valence-corrected chi connectivity index (χ3v) is 5.60. The summed E-state index contributed by atoms with van der Waals surface area (Å²) in [6.45, 7) is 4.52. The van der Waals surface area contributed by atoms with Crippen molar-refractivity contribution in [1.29, 1.82) is 0 Å². The second-order valence-electron chi connectivity index (χ2n) is 6.60. The summed E-state index contributed by atoms with van der Waals surface area (Å²) in [6, 6.07) is 9.49. The van der Waals surface area contributed by atoms with Gasteiger partial charge < -0.3 is 5.32 Å². The first-order valence-corrected chi connectivity index (χ1v) is 9.91. The van der Waals surface area contributed by atoms with Crippen LogP contribution in [0.4, 0.5) is 18.9 Å². The molecular weight excluding hydrogens is 393 g/mol. The van der Waals surface area contributed by atoms with Crippen LogP contribution in [0, 0.1) is 6.92 Å². The smallest absolute Gasteiger partial charge is 0.352 e. The van der Waals surface area contributed by atoms with E-state index in [-0.39, 0.29) is 16.6 Å². The number of benzene rings is 2. The van der Waals surface area contributed by atoms with E-state index in [1.54, 1.807) is 32.9 Å². The number of alkyl halides is 3. The normalized spacial score (nSPS) is 12.1. The SMILES string of the molecule is Cc1ccc(S(=O)(=O)N(CC(=O)NC(C)C)c2cccc(C(F)(F)F)c2)cc1. The lowest BCUT2D eigenvalue weighted by Gasteiger charge is -2.25. The molecular formula is C19H21F3N2O3S. The largest absolute Gasteiger partial charge is 0.416 e. The average molecular weight is 414 g/mol.